The van der Waals surface area contributed by atoms with Crippen LogP contribution in [0.3, 0.4) is 0 Å². The summed E-state index contributed by atoms with van der Waals surface area (Å²) in [5, 5.41) is 29.7. The Morgan fingerprint density at radius 1 is 0.523 bits per heavy atom. The molecule has 0 aromatic rings. The number of phosphoric ester groups is 2. The number of allylic oxidation sites excluding steroid dienone is 12. The Balaban J connectivity index is 4.73. The summed E-state index contributed by atoms with van der Waals surface area (Å²) in [6.07, 6.45) is 43.2. The quantitative estimate of drug-likeness (QED) is 0.0110. The lowest BCUT2D eigenvalue weighted by Gasteiger charge is -2.20. The van der Waals surface area contributed by atoms with Gasteiger partial charge in [0.1, 0.15) is 12.7 Å². The second-order valence-electron chi connectivity index (χ2n) is 15.3. The lowest BCUT2D eigenvalue weighted by molar-refractivity contribution is -0.161. The fraction of sp³-hybridized carbons (Fsp3) is 0.625. The third-order valence-corrected chi connectivity index (χ3v) is 10.6. The van der Waals surface area contributed by atoms with Crippen molar-refractivity contribution in [3.8, 4) is 0 Å². The lowest BCUT2D eigenvalue weighted by atomic mass is 10.1. The Hall–Kier alpha value is -3.04. The largest absolute Gasteiger partial charge is 0.472 e. The summed E-state index contributed by atoms with van der Waals surface area (Å²) in [5.74, 6) is -1.22. The fourth-order valence-corrected chi connectivity index (χ4v) is 6.73. The van der Waals surface area contributed by atoms with E-state index in [1.165, 1.54) is 19.3 Å². The molecular formula is C48H80O15P2. The summed E-state index contributed by atoms with van der Waals surface area (Å²) >= 11 is 0. The van der Waals surface area contributed by atoms with Gasteiger partial charge >= 0.3 is 27.6 Å². The number of carbonyl (C=O) groups is 2. The first-order valence-electron chi connectivity index (χ1n) is 23.1. The van der Waals surface area contributed by atoms with Gasteiger partial charge in [0, 0.05) is 12.8 Å². The maximum absolute atomic E-state index is 12.7. The average Bonchev–Trinajstić information content (AvgIpc) is 3.26. The van der Waals surface area contributed by atoms with Crippen LogP contribution in [0.1, 0.15) is 142 Å². The number of esters is 2. The van der Waals surface area contributed by atoms with Crippen LogP contribution in [0.2, 0.25) is 0 Å². The van der Waals surface area contributed by atoms with Crippen molar-refractivity contribution >= 4 is 27.6 Å². The van der Waals surface area contributed by atoms with E-state index in [4.69, 9.17) is 23.8 Å². The second kappa shape index (κ2) is 42.3. The first kappa shape index (κ1) is 62.0. The molecule has 5 atom stereocenters. The number of rotatable bonds is 42. The molecule has 0 spiro atoms. The van der Waals surface area contributed by atoms with E-state index in [0.29, 0.717) is 32.1 Å². The van der Waals surface area contributed by atoms with Gasteiger partial charge in [0.15, 0.2) is 6.10 Å². The molecule has 1 unspecified atom stereocenters. The monoisotopic (exact) mass is 958 g/mol. The Morgan fingerprint density at radius 3 is 1.62 bits per heavy atom. The number of ether oxygens (including phenoxy) is 2. The first-order chi connectivity index (χ1) is 31.2. The third-order valence-electron chi connectivity index (χ3n) is 9.13. The van der Waals surface area contributed by atoms with Crippen LogP contribution in [-0.4, -0.2) is 92.8 Å². The van der Waals surface area contributed by atoms with E-state index in [2.05, 4.69) is 40.3 Å². The van der Waals surface area contributed by atoms with Gasteiger partial charge in [0.05, 0.1) is 32.0 Å². The lowest BCUT2D eigenvalue weighted by Crippen LogP contribution is -2.29. The van der Waals surface area contributed by atoms with E-state index in [9.17, 15) is 38.9 Å². The molecule has 0 saturated heterocycles. The van der Waals surface area contributed by atoms with Crippen LogP contribution < -0.4 is 0 Å². The highest BCUT2D eigenvalue weighted by Gasteiger charge is 2.28. The van der Waals surface area contributed by atoms with Crippen molar-refractivity contribution in [2.45, 2.75) is 167 Å². The Kier molecular flexibility index (Phi) is 40.3. The summed E-state index contributed by atoms with van der Waals surface area (Å²) in [4.78, 5) is 52.8. The van der Waals surface area contributed by atoms with Gasteiger partial charge in [-0.3, -0.25) is 23.2 Å². The standard InChI is InChI=1S/C48H80O15P2/c1-3-5-7-8-9-10-11-12-13-14-15-16-17-18-19-24-32-38-48(53)63-46(42-62-65(57,58)61-40-45(51)39-60-64(54,55)56)41-59-47(52)37-31-23-21-20-22-28-34-44(50)36-30-26-25-29-35-43(49)33-27-6-4-2/h6,9-10,12-13,21-23,25-30,35-36,43-46,49-51H,3-5,7-8,11,14-20,24,31-34,37-42H2,1-2H3,(H,57,58)(H2,54,55,56)/b10-9-,13-12-,23-21-,26-25-,27-6-,28-22-,35-29+,36-30+/t43-,44+,45+,46-/m1/s1. The summed E-state index contributed by atoms with van der Waals surface area (Å²) < 4.78 is 47.7. The zero-order valence-corrected chi connectivity index (χ0v) is 40.6. The van der Waals surface area contributed by atoms with Crippen molar-refractivity contribution in [2.75, 3.05) is 26.4 Å². The molecule has 0 bridgehead atoms. The molecule has 0 heterocycles. The van der Waals surface area contributed by atoms with Gasteiger partial charge in [-0.05, 0) is 70.6 Å². The van der Waals surface area contributed by atoms with Crippen LogP contribution in [0.4, 0.5) is 0 Å². The molecule has 0 radical (unpaired) electrons. The van der Waals surface area contributed by atoms with E-state index in [1.807, 2.05) is 37.3 Å². The van der Waals surface area contributed by atoms with E-state index in [0.717, 1.165) is 64.2 Å². The number of phosphoric acid groups is 2. The van der Waals surface area contributed by atoms with Gasteiger partial charge in [0.2, 0.25) is 0 Å². The highest BCUT2D eigenvalue weighted by atomic mass is 31.2. The average molecular weight is 959 g/mol. The summed E-state index contributed by atoms with van der Waals surface area (Å²) in [6.45, 7) is 1.33. The second-order valence-corrected chi connectivity index (χ2v) is 18.0. The molecule has 0 fully saturated rings. The highest BCUT2D eigenvalue weighted by molar-refractivity contribution is 7.47. The van der Waals surface area contributed by atoms with Gasteiger partial charge in [-0.15, -0.1) is 0 Å². The Bertz CT molecular complexity index is 1550. The maximum Gasteiger partial charge on any atom is 0.472 e. The molecule has 65 heavy (non-hydrogen) atoms. The SMILES string of the molecule is CC/C=C\C[C@@H](O)/C=C/C=C\C=C\[C@@H](O)C/C=C\C/C=C\CCC(=O)OC[C@H](COP(=O)(O)OC[C@@H](O)COP(=O)(O)O)OC(=O)CCCCCCCCC/C=C\C/C=C\CCCCC. The van der Waals surface area contributed by atoms with Crippen molar-refractivity contribution in [1.82, 2.24) is 0 Å². The van der Waals surface area contributed by atoms with Gasteiger partial charge < -0.3 is 39.5 Å². The van der Waals surface area contributed by atoms with Gasteiger partial charge in [-0.1, -0.05) is 156 Å². The fourth-order valence-electron chi connectivity index (χ4n) is 5.58. The van der Waals surface area contributed by atoms with E-state index >= 15 is 0 Å². The van der Waals surface area contributed by atoms with Gasteiger partial charge in [-0.2, -0.15) is 0 Å². The molecule has 0 rings (SSSR count). The molecule has 0 aliphatic heterocycles. The van der Waals surface area contributed by atoms with E-state index < -0.39 is 78.4 Å². The van der Waals surface area contributed by atoms with Crippen molar-refractivity contribution < 1.29 is 71.8 Å². The van der Waals surface area contributed by atoms with Crippen LogP contribution in [0.5, 0.6) is 0 Å². The van der Waals surface area contributed by atoms with Crippen LogP contribution in [0, 0.1) is 0 Å². The maximum atomic E-state index is 12.7. The summed E-state index contributed by atoms with van der Waals surface area (Å²) in [5.41, 5.74) is 0. The molecular weight excluding hydrogens is 878 g/mol. The van der Waals surface area contributed by atoms with Gasteiger partial charge in [-0.25, -0.2) is 9.13 Å². The topological polar surface area (TPSA) is 236 Å². The molecule has 17 heteroatoms. The van der Waals surface area contributed by atoms with Crippen LogP contribution in [0.25, 0.3) is 0 Å². The Morgan fingerprint density at radius 2 is 1.03 bits per heavy atom. The third kappa shape index (κ3) is 45.9. The smallest absolute Gasteiger partial charge is 0.462 e. The molecule has 15 nitrogen and oxygen atoms in total. The normalized spacial score (nSPS) is 15.8. The van der Waals surface area contributed by atoms with Crippen molar-refractivity contribution in [3.05, 3.63) is 97.2 Å². The molecule has 0 aromatic heterocycles. The van der Waals surface area contributed by atoms with Gasteiger partial charge in [0.25, 0.3) is 0 Å². The van der Waals surface area contributed by atoms with E-state index in [1.54, 1.807) is 42.5 Å². The molecule has 0 saturated carbocycles. The Labute approximate surface area is 388 Å². The summed E-state index contributed by atoms with van der Waals surface area (Å²) in [7, 11) is -9.75. The van der Waals surface area contributed by atoms with Crippen molar-refractivity contribution in [2.24, 2.45) is 0 Å². The zero-order chi connectivity index (χ0) is 48.3. The molecule has 0 aliphatic rings. The minimum Gasteiger partial charge on any atom is -0.462 e. The van der Waals surface area contributed by atoms with Crippen LogP contribution >= 0.6 is 15.6 Å². The number of carbonyl (C=O) groups excluding carboxylic acids is 2. The van der Waals surface area contributed by atoms with Crippen molar-refractivity contribution in [1.29, 1.82) is 0 Å². The number of aliphatic hydroxyl groups is 3. The molecule has 372 valence electrons. The molecule has 0 aromatic carbocycles. The van der Waals surface area contributed by atoms with Crippen LogP contribution in [-0.2, 0) is 41.8 Å². The number of unbranched alkanes of at least 4 members (excludes halogenated alkanes) is 10. The van der Waals surface area contributed by atoms with Crippen LogP contribution in [0.15, 0.2) is 97.2 Å². The van der Waals surface area contributed by atoms with E-state index in [-0.39, 0.29) is 12.8 Å². The summed E-state index contributed by atoms with van der Waals surface area (Å²) in [6, 6.07) is 0. The first-order valence-corrected chi connectivity index (χ1v) is 26.2. The van der Waals surface area contributed by atoms with Crippen molar-refractivity contribution in [3.63, 3.8) is 0 Å². The highest BCUT2D eigenvalue weighted by Crippen LogP contribution is 2.43. The number of hydrogen-bond acceptors (Lipinski definition) is 12. The minimum absolute atomic E-state index is 0.00649. The molecule has 6 N–H and O–H groups in total. The number of hydrogen-bond donors (Lipinski definition) is 6. The minimum atomic E-state index is -4.89. The predicted molar refractivity (Wildman–Crippen MR) is 255 cm³/mol. The molecule has 0 aliphatic carbocycles. The number of aliphatic hydroxyl groups excluding tert-OH is 3. The molecule has 0 amide bonds. The zero-order valence-electron chi connectivity index (χ0n) is 38.8. The predicted octanol–water partition coefficient (Wildman–Crippen LogP) is 10.1.